The highest BCUT2D eigenvalue weighted by atomic mass is 14.1. The molecule has 0 saturated carbocycles. The lowest BCUT2D eigenvalue weighted by Crippen LogP contribution is -1.99. The molecule has 0 nitrogen and oxygen atoms in total. The van der Waals surface area contributed by atoms with Gasteiger partial charge in [0.15, 0.2) is 0 Å². The molecule has 151 valence electrons. The molecule has 25 heavy (non-hydrogen) atoms. The summed E-state index contributed by atoms with van der Waals surface area (Å²) in [5, 5.41) is 0. The monoisotopic (exact) mass is 351 g/mol. The second kappa shape index (κ2) is 22.0. The van der Waals surface area contributed by atoms with E-state index < -0.39 is 0 Å². The van der Waals surface area contributed by atoms with Gasteiger partial charge in [0, 0.05) is 0 Å². The molecule has 0 bridgehead atoms. The first kappa shape index (κ1) is 25.0. The molecule has 0 aliphatic carbocycles. The van der Waals surface area contributed by atoms with E-state index in [1.54, 1.807) is 0 Å². The lowest BCUT2D eigenvalue weighted by atomic mass is 9.92. The van der Waals surface area contributed by atoms with Crippen LogP contribution in [0.2, 0.25) is 0 Å². The summed E-state index contributed by atoms with van der Waals surface area (Å²) in [6.45, 7) is 8.79. The van der Waals surface area contributed by atoms with Crippen molar-refractivity contribution in [3.8, 4) is 0 Å². The molecule has 0 rings (SSSR count). The Morgan fingerprint density at radius 2 is 0.720 bits per heavy atom. The van der Waals surface area contributed by atoms with Gasteiger partial charge in [-0.25, -0.2) is 0 Å². The fraction of sp³-hybridized carbons (Fsp3) is 0.960. The van der Waals surface area contributed by atoms with E-state index in [0.717, 1.165) is 12.3 Å². The van der Waals surface area contributed by atoms with Crippen LogP contribution in [0.4, 0.5) is 0 Å². The van der Waals surface area contributed by atoms with Gasteiger partial charge in [0.1, 0.15) is 0 Å². The maximum Gasteiger partial charge on any atom is -0.0414 e. The van der Waals surface area contributed by atoms with Gasteiger partial charge >= 0.3 is 0 Å². The van der Waals surface area contributed by atoms with Gasteiger partial charge in [-0.15, -0.1) is 0 Å². The van der Waals surface area contributed by atoms with Crippen molar-refractivity contribution >= 4 is 0 Å². The lowest BCUT2D eigenvalue weighted by Gasteiger charge is -2.14. The van der Waals surface area contributed by atoms with Crippen molar-refractivity contribution in [2.75, 3.05) is 0 Å². The van der Waals surface area contributed by atoms with Gasteiger partial charge in [-0.3, -0.25) is 0 Å². The third-order valence-corrected chi connectivity index (χ3v) is 5.84. The Labute approximate surface area is 161 Å². The summed E-state index contributed by atoms with van der Waals surface area (Å²) in [4.78, 5) is 0. The molecule has 0 heteroatoms. The summed E-state index contributed by atoms with van der Waals surface area (Å²) >= 11 is 0. The van der Waals surface area contributed by atoms with Crippen LogP contribution in [0.15, 0.2) is 0 Å². The van der Waals surface area contributed by atoms with Crippen LogP contribution in [-0.4, -0.2) is 0 Å². The van der Waals surface area contributed by atoms with Crippen LogP contribution in [0.3, 0.4) is 0 Å². The highest BCUT2D eigenvalue weighted by molar-refractivity contribution is 4.62. The first-order valence-electron chi connectivity index (χ1n) is 12.1. The Hall–Kier alpha value is 0. The third-order valence-electron chi connectivity index (χ3n) is 5.84. The molecule has 0 aromatic carbocycles. The SMILES string of the molecule is [CH2]CC(CCCCCCCCC)CCCCCCCCCCCCC. The van der Waals surface area contributed by atoms with Gasteiger partial charge < -0.3 is 0 Å². The zero-order valence-electron chi connectivity index (χ0n) is 18.1. The first-order chi connectivity index (χ1) is 12.3. The maximum atomic E-state index is 4.20. The number of rotatable bonds is 21. The van der Waals surface area contributed by atoms with Crippen molar-refractivity contribution < 1.29 is 0 Å². The Morgan fingerprint density at radius 3 is 1.00 bits per heavy atom. The normalized spacial score (nSPS) is 12.6. The topological polar surface area (TPSA) is 0 Å². The average Bonchev–Trinajstić information content (AvgIpc) is 2.63. The molecule has 0 saturated heterocycles. The first-order valence-corrected chi connectivity index (χ1v) is 12.1. The number of hydrogen-bond acceptors (Lipinski definition) is 0. The fourth-order valence-corrected chi connectivity index (χ4v) is 3.92. The van der Waals surface area contributed by atoms with Crippen LogP contribution in [0, 0.1) is 12.8 Å². The van der Waals surface area contributed by atoms with E-state index in [1.807, 2.05) is 0 Å². The lowest BCUT2D eigenvalue weighted by molar-refractivity contribution is 0.404. The third kappa shape index (κ3) is 20.2. The Morgan fingerprint density at radius 1 is 0.440 bits per heavy atom. The highest BCUT2D eigenvalue weighted by Gasteiger charge is 2.05. The van der Waals surface area contributed by atoms with E-state index in [1.165, 1.54) is 128 Å². The second-order valence-electron chi connectivity index (χ2n) is 8.39. The molecular formula is C25H51. The zero-order valence-corrected chi connectivity index (χ0v) is 18.1. The van der Waals surface area contributed by atoms with E-state index in [-0.39, 0.29) is 0 Å². The van der Waals surface area contributed by atoms with Crippen LogP contribution in [0.5, 0.6) is 0 Å². The highest BCUT2D eigenvalue weighted by Crippen LogP contribution is 2.21. The van der Waals surface area contributed by atoms with Crippen LogP contribution in [0.1, 0.15) is 149 Å². The Kier molecular flexibility index (Phi) is 22.0. The number of hydrogen-bond donors (Lipinski definition) is 0. The van der Waals surface area contributed by atoms with Crippen LogP contribution < -0.4 is 0 Å². The summed E-state index contributed by atoms with van der Waals surface area (Å²) < 4.78 is 0. The predicted octanol–water partition coefficient (Wildman–Crippen LogP) is 9.67. The van der Waals surface area contributed by atoms with Gasteiger partial charge in [0.2, 0.25) is 0 Å². The van der Waals surface area contributed by atoms with E-state index in [0.29, 0.717) is 0 Å². The summed E-state index contributed by atoms with van der Waals surface area (Å²) in [6.07, 6.45) is 30.1. The van der Waals surface area contributed by atoms with Gasteiger partial charge in [-0.1, -0.05) is 156 Å². The molecule has 0 N–H and O–H groups in total. The fourth-order valence-electron chi connectivity index (χ4n) is 3.92. The second-order valence-corrected chi connectivity index (χ2v) is 8.39. The minimum atomic E-state index is 0.911. The maximum absolute atomic E-state index is 4.20. The Bertz CT molecular complexity index is 220. The molecule has 1 unspecified atom stereocenters. The van der Waals surface area contributed by atoms with Crippen LogP contribution in [0.25, 0.3) is 0 Å². The molecule has 0 heterocycles. The van der Waals surface area contributed by atoms with Crippen molar-refractivity contribution in [2.24, 2.45) is 5.92 Å². The minimum Gasteiger partial charge on any atom is -0.0654 e. The standard InChI is InChI=1S/C25H51/c1-4-7-9-11-13-14-15-16-18-20-22-24-25(6-3)23-21-19-17-12-10-8-5-2/h25H,3-24H2,1-2H3. The van der Waals surface area contributed by atoms with E-state index >= 15 is 0 Å². The van der Waals surface area contributed by atoms with Crippen LogP contribution >= 0.6 is 0 Å². The van der Waals surface area contributed by atoms with Crippen LogP contribution in [-0.2, 0) is 0 Å². The van der Waals surface area contributed by atoms with E-state index in [4.69, 9.17) is 0 Å². The summed E-state index contributed by atoms with van der Waals surface area (Å²) in [7, 11) is 0. The zero-order chi connectivity index (χ0) is 18.4. The Balaban J connectivity index is 3.26. The molecule has 0 aliphatic rings. The quantitative estimate of drug-likeness (QED) is 0.180. The smallest absolute Gasteiger partial charge is 0.0414 e. The molecule has 1 radical (unpaired) electrons. The molecule has 0 aromatic rings. The summed E-state index contributed by atoms with van der Waals surface area (Å²) in [5.74, 6) is 0.911. The van der Waals surface area contributed by atoms with Crippen molar-refractivity contribution in [3.63, 3.8) is 0 Å². The van der Waals surface area contributed by atoms with Crippen molar-refractivity contribution in [3.05, 3.63) is 6.92 Å². The molecule has 0 fully saturated rings. The predicted molar refractivity (Wildman–Crippen MR) is 117 cm³/mol. The van der Waals surface area contributed by atoms with Gasteiger partial charge in [0.25, 0.3) is 0 Å². The van der Waals surface area contributed by atoms with Gasteiger partial charge in [-0.2, -0.15) is 0 Å². The van der Waals surface area contributed by atoms with Crippen molar-refractivity contribution in [1.29, 1.82) is 0 Å². The molecule has 0 aromatic heterocycles. The molecular weight excluding hydrogens is 300 g/mol. The van der Waals surface area contributed by atoms with Gasteiger partial charge in [0.05, 0.1) is 0 Å². The van der Waals surface area contributed by atoms with Gasteiger partial charge in [-0.05, 0) is 5.92 Å². The molecule has 0 aliphatic heterocycles. The number of unbranched alkanes of at least 4 members (excludes halogenated alkanes) is 16. The molecule has 0 spiro atoms. The summed E-state index contributed by atoms with van der Waals surface area (Å²) in [5.41, 5.74) is 0. The summed E-state index contributed by atoms with van der Waals surface area (Å²) in [6, 6.07) is 0. The average molecular weight is 352 g/mol. The minimum absolute atomic E-state index is 0.911. The molecule has 0 amide bonds. The van der Waals surface area contributed by atoms with Crippen molar-refractivity contribution in [2.45, 2.75) is 149 Å². The van der Waals surface area contributed by atoms with E-state index in [9.17, 15) is 0 Å². The van der Waals surface area contributed by atoms with Crippen molar-refractivity contribution in [1.82, 2.24) is 0 Å². The van der Waals surface area contributed by atoms with E-state index in [2.05, 4.69) is 20.8 Å². The molecule has 1 atom stereocenters. The largest absolute Gasteiger partial charge is 0.0654 e.